The lowest BCUT2D eigenvalue weighted by atomic mass is 10.1. The van der Waals surface area contributed by atoms with Crippen molar-refractivity contribution in [2.45, 2.75) is 27.3 Å². The molecule has 26 heavy (non-hydrogen) atoms. The van der Waals surface area contributed by atoms with Gasteiger partial charge >= 0.3 is 0 Å². The van der Waals surface area contributed by atoms with Crippen LogP contribution in [0.5, 0.6) is 11.5 Å². The Labute approximate surface area is 155 Å². The van der Waals surface area contributed by atoms with Crippen LogP contribution in [0.2, 0.25) is 0 Å². The maximum atomic E-state index is 12.3. The second-order valence-electron chi connectivity index (χ2n) is 6.46. The van der Waals surface area contributed by atoms with Crippen molar-refractivity contribution in [3.63, 3.8) is 0 Å². The molecule has 2 aromatic rings. The number of hydrogen-bond donors (Lipinski definition) is 1. The van der Waals surface area contributed by atoms with Crippen molar-refractivity contribution >= 4 is 11.6 Å². The second kappa shape index (κ2) is 9.25. The van der Waals surface area contributed by atoms with Crippen molar-refractivity contribution in [2.75, 3.05) is 32.6 Å². The lowest BCUT2D eigenvalue weighted by Crippen LogP contribution is -2.30. The van der Waals surface area contributed by atoms with Crippen molar-refractivity contribution in [2.24, 2.45) is 0 Å². The van der Waals surface area contributed by atoms with E-state index >= 15 is 0 Å². The largest absolute Gasteiger partial charge is 0.493 e. The molecule has 0 aromatic heterocycles. The third kappa shape index (κ3) is 5.49. The maximum Gasteiger partial charge on any atom is 0.238 e. The molecule has 0 unspecified atom stereocenters. The number of likely N-dealkylation sites (N-methyl/N-ethyl adjacent to an activating group) is 1. The van der Waals surface area contributed by atoms with Crippen LogP contribution in [0, 0.1) is 13.8 Å². The Bertz CT molecular complexity index is 759. The monoisotopic (exact) mass is 356 g/mol. The number of nitrogens with one attached hydrogen (secondary N) is 1. The van der Waals surface area contributed by atoms with Gasteiger partial charge in [-0.2, -0.15) is 0 Å². The lowest BCUT2D eigenvalue weighted by Gasteiger charge is -2.18. The molecule has 5 heteroatoms. The van der Waals surface area contributed by atoms with E-state index in [2.05, 4.69) is 5.32 Å². The molecule has 1 amide bonds. The van der Waals surface area contributed by atoms with Gasteiger partial charge in [-0.3, -0.25) is 9.69 Å². The number of hydrogen-bond acceptors (Lipinski definition) is 4. The molecule has 0 heterocycles. The average Bonchev–Trinajstić information content (AvgIpc) is 2.59. The molecule has 1 N–H and O–H groups in total. The minimum absolute atomic E-state index is 0.0286. The van der Waals surface area contributed by atoms with Crippen molar-refractivity contribution in [3.8, 4) is 11.5 Å². The molecule has 0 radical (unpaired) electrons. The van der Waals surface area contributed by atoms with E-state index in [4.69, 9.17) is 9.47 Å². The van der Waals surface area contributed by atoms with E-state index in [1.807, 2.05) is 69.1 Å². The van der Waals surface area contributed by atoms with Crippen LogP contribution in [0.3, 0.4) is 0 Å². The van der Waals surface area contributed by atoms with Gasteiger partial charge in [-0.1, -0.05) is 18.2 Å². The Morgan fingerprint density at radius 1 is 1.12 bits per heavy atom. The first kappa shape index (κ1) is 19.8. The van der Waals surface area contributed by atoms with Gasteiger partial charge in [0, 0.05) is 12.2 Å². The summed E-state index contributed by atoms with van der Waals surface area (Å²) in [5.41, 5.74) is 4.11. The quantitative estimate of drug-likeness (QED) is 0.782. The summed E-state index contributed by atoms with van der Waals surface area (Å²) in [5.74, 6) is 1.41. The number of carbonyl (C=O) groups is 1. The first-order chi connectivity index (χ1) is 12.4. The fourth-order valence-corrected chi connectivity index (χ4v) is 2.76. The number of benzene rings is 2. The zero-order chi connectivity index (χ0) is 19.1. The van der Waals surface area contributed by atoms with Crippen LogP contribution in [-0.4, -0.2) is 38.1 Å². The predicted molar refractivity (Wildman–Crippen MR) is 105 cm³/mol. The van der Waals surface area contributed by atoms with Gasteiger partial charge in [0.2, 0.25) is 5.91 Å². The van der Waals surface area contributed by atoms with Crippen LogP contribution in [0.15, 0.2) is 36.4 Å². The van der Waals surface area contributed by atoms with E-state index in [9.17, 15) is 4.79 Å². The SMILES string of the molecule is CCOc1ccc(CN(C)CC(=O)Nc2cc(C)ccc2C)cc1OC. The Morgan fingerprint density at radius 2 is 1.88 bits per heavy atom. The molecule has 2 aromatic carbocycles. The van der Waals surface area contributed by atoms with Crippen LogP contribution in [0.4, 0.5) is 5.69 Å². The number of ether oxygens (including phenoxy) is 2. The van der Waals surface area contributed by atoms with Gasteiger partial charge in [-0.05, 0) is 62.7 Å². The molecular formula is C21H28N2O3. The van der Waals surface area contributed by atoms with E-state index in [1.165, 1.54) is 0 Å². The fourth-order valence-electron chi connectivity index (χ4n) is 2.76. The topological polar surface area (TPSA) is 50.8 Å². The first-order valence-corrected chi connectivity index (χ1v) is 8.78. The second-order valence-corrected chi connectivity index (χ2v) is 6.46. The molecule has 0 aliphatic heterocycles. The van der Waals surface area contributed by atoms with Crippen molar-refractivity contribution < 1.29 is 14.3 Å². The van der Waals surface area contributed by atoms with Crippen LogP contribution in [0.25, 0.3) is 0 Å². The van der Waals surface area contributed by atoms with Gasteiger partial charge < -0.3 is 14.8 Å². The van der Waals surface area contributed by atoms with Gasteiger partial charge in [-0.25, -0.2) is 0 Å². The van der Waals surface area contributed by atoms with Gasteiger partial charge in [0.05, 0.1) is 20.3 Å². The molecule has 0 spiro atoms. The van der Waals surface area contributed by atoms with Gasteiger partial charge in [0.1, 0.15) is 0 Å². The third-order valence-corrected chi connectivity index (χ3v) is 4.06. The fraction of sp³-hybridized carbons (Fsp3) is 0.381. The van der Waals surface area contributed by atoms with Crippen LogP contribution >= 0.6 is 0 Å². The number of anilines is 1. The molecule has 0 atom stereocenters. The number of carbonyl (C=O) groups excluding carboxylic acids is 1. The van der Waals surface area contributed by atoms with Gasteiger partial charge in [-0.15, -0.1) is 0 Å². The molecule has 140 valence electrons. The zero-order valence-electron chi connectivity index (χ0n) is 16.3. The summed E-state index contributed by atoms with van der Waals surface area (Å²) in [6, 6.07) is 11.9. The van der Waals surface area contributed by atoms with Crippen LogP contribution in [-0.2, 0) is 11.3 Å². The maximum absolute atomic E-state index is 12.3. The van der Waals surface area contributed by atoms with Crippen LogP contribution < -0.4 is 14.8 Å². The molecule has 0 saturated carbocycles. The van der Waals surface area contributed by atoms with E-state index in [0.29, 0.717) is 25.4 Å². The smallest absolute Gasteiger partial charge is 0.238 e. The summed E-state index contributed by atoms with van der Waals surface area (Å²) in [7, 11) is 3.55. The van der Waals surface area contributed by atoms with Gasteiger partial charge in [0.25, 0.3) is 0 Å². The van der Waals surface area contributed by atoms with E-state index in [1.54, 1.807) is 7.11 Å². The van der Waals surface area contributed by atoms with Crippen LogP contribution in [0.1, 0.15) is 23.6 Å². The summed E-state index contributed by atoms with van der Waals surface area (Å²) in [6.07, 6.45) is 0. The van der Waals surface area contributed by atoms with Gasteiger partial charge in [0.15, 0.2) is 11.5 Å². The molecule has 0 fully saturated rings. The number of rotatable bonds is 8. The molecule has 2 rings (SSSR count). The Hall–Kier alpha value is -2.53. The summed E-state index contributed by atoms with van der Waals surface area (Å²) in [4.78, 5) is 14.3. The Morgan fingerprint density at radius 3 is 2.58 bits per heavy atom. The number of aryl methyl sites for hydroxylation is 2. The van der Waals surface area contributed by atoms with Crippen molar-refractivity contribution in [1.82, 2.24) is 4.90 Å². The standard InChI is InChI=1S/C21H28N2O3/c1-6-26-19-10-9-17(12-20(19)25-5)13-23(4)14-21(24)22-18-11-15(2)7-8-16(18)3/h7-12H,6,13-14H2,1-5H3,(H,22,24). The molecule has 0 aliphatic carbocycles. The predicted octanol–water partition coefficient (Wildman–Crippen LogP) is 3.78. The van der Waals surface area contributed by atoms with E-state index < -0.39 is 0 Å². The minimum atomic E-state index is -0.0286. The highest BCUT2D eigenvalue weighted by molar-refractivity contribution is 5.93. The highest BCUT2D eigenvalue weighted by atomic mass is 16.5. The third-order valence-electron chi connectivity index (χ3n) is 4.06. The Kier molecular flexibility index (Phi) is 7.04. The number of amides is 1. The molecule has 0 saturated heterocycles. The highest BCUT2D eigenvalue weighted by Gasteiger charge is 2.11. The number of methoxy groups -OCH3 is 1. The zero-order valence-corrected chi connectivity index (χ0v) is 16.3. The van der Waals surface area contributed by atoms with Crippen molar-refractivity contribution in [3.05, 3.63) is 53.1 Å². The molecule has 0 aliphatic rings. The van der Waals surface area contributed by atoms with Crippen molar-refractivity contribution in [1.29, 1.82) is 0 Å². The molecule has 5 nitrogen and oxygen atoms in total. The summed E-state index contributed by atoms with van der Waals surface area (Å²) in [6.45, 7) is 7.49. The normalized spacial score (nSPS) is 10.7. The summed E-state index contributed by atoms with van der Waals surface area (Å²) in [5, 5.41) is 2.99. The first-order valence-electron chi connectivity index (χ1n) is 8.78. The highest BCUT2D eigenvalue weighted by Crippen LogP contribution is 2.28. The minimum Gasteiger partial charge on any atom is -0.493 e. The Balaban J connectivity index is 1.96. The van der Waals surface area contributed by atoms with E-state index in [0.717, 1.165) is 28.1 Å². The lowest BCUT2D eigenvalue weighted by molar-refractivity contribution is -0.117. The average molecular weight is 356 g/mol. The van der Waals surface area contributed by atoms with E-state index in [-0.39, 0.29) is 5.91 Å². The summed E-state index contributed by atoms with van der Waals surface area (Å²) < 4.78 is 10.9. The molecular weight excluding hydrogens is 328 g/mol. The summed E-state index contributed by atoms with van der Waals surface area (Å²) >= 11 is 0. The number of nitrogens with zero attached hydrogens (tertiary/aromatic N) is 1. The molecule has 0 bridgehead atoms.